The highest BCUT2D eigenvalue weighted by molar-refractivity contribution is 5.73. The minimum absolute atomic E-state index is 0.0235. The van der Waals surface area contributed by atoms with Crippen molar-refractivity contribution in [2.45, 2.75) is 0 Å². The first kappa shape index (κ1) is 36.6. The van der Waals surface area contributed by atoms with Crippen LogP contribution < -0.4 is 0 Å². The van der Waals surface area contributed by atoms with Crippen molar-refractivity contribution in [3.8, 4) is 51.7 Å². The summed E-state index contributed by atoms with van der Waals surface area (Å²) in [5.41, 5.74) is 4.88. The van der Waals surface area contributed by atoms with Crippen LogP contribution in [0.2, 0.25) is 0 Å². The molecule has 0 bridgehead atoms. The second-order valence-electron chi connectivity index (χ2n) is 11.1. The fourth-order valence-electron chi connectivity index (χ4n) is 4.48. The molecular weight excluding hydrogens is 648 g/mol. The topological polar surface area (TPSA) is 182 Å². The van der Waals surface area contributed by atoms with Gasteiger partial charge in [-0.25, -0.2) is 0 Å². The summed E-state index contributed by atoms with van der Waals surface area (Å²) in [6, 6.07) is 33.4. The molecule has 0 aromatic heterocycles. The van der Waals surface area contributed by atoms with E-state index in [-0.39, 0.29) is 51.7 Å². The van der Waals surface area contributed by atoms with Gasteiger partial charge in [-0.15, -0.1) is 0 Å². The van der Waals surface area contributed by atoms with Crippen LogP contribution in [0.3, 0.4) is 0 Å². The maximum Gasteiger partial charge on any atom is 0.119 e. The van der Waals surface area contributed by atoms with Gasteiger partial charge in [-0.2, -0.15) is 0 Å². The Bertz CT molecular complexity index is 1810. The van der Waals surface area contributed by atoms with Gasteiger partial charge < -0.3 is 46.0 Å². The summed E-state index contributed by atoms with van der Waals surface area (Å²) in [6.45, 7) is 0. The molecule has 0 aliphatic carbocycles. The summed E-state index contributed by atoms with van der Waals surface area (Å²) in [5, 5.41) is 83.2. The molecule has 0 aliphatic rings. The quantitative estimate of drug-likeness (QED) is 0.0774. The summed E-state index contributed by atoms with van der Waals surface area (Å²) in [7, 11) is 0. The lowest BCUT2D eigenvalue weighted by molar-refractivity contribution is 0.449. The molecule has 0 unspecified atom stereocenters. The van der Waals surface area contributed by atoms with Crippen molar-refractivity contribution in [1.29, 1.82) is 0 Å². The first-order chi connectivity index (χ1) is 24.4. The number of hydrogen-bond acceptors (Lipinski definition) is 9. The van der Waals surface area contributed by atoms with Crippen LogP contribution in [-0.4, -0.2) is 46.0 Å². The van der Waals surface area contributed by atoms with E-state index in [9.17, 15) is 30.6 Å². The van der Waals surface area contributed by atoms with Gasteiger partial charge in [0, 0.05) is 18.2 Å². The molecule has 0 saturated heterocycles. The number of aromatic hydroxyl groups is 9. The predicted molar refractivity (Wildman–Crippen MR) is 200 cm³/mol. The van der Waals surface area contributed by atoms with Crippen molar-refractivity contribution >= 4 is 36.5 Å². The Hall–Kier alpha value is -7.26. The largest absolute Gasteiger partial charge is 0.508 e. The molecule has 51 heavy (non-hydrogen) atoms. The molecular formula is C42H36O9. The molecule has 9 nitrogen and oxygen atoms in total. The number of phenols is 9. The second-order valence-corrected chi connectivity index (χ2v) is 11.1. The summed E-state index contributed by atoms with van der Waals surface area (Å²) in [5.74, 6) is 0.800. The van der Waals surface area contributed by atoms with Gasteiger partial charge in [-0.1, -0.05) is 72.9 Å². The maximum absolute atomic E-state index is 9.30. The Balaban J connectivity index is 0.000000172. The van der Waals surface area contributed by atoms with E-state index >= 15 is 0 Å². The van der Waals surface area contributed by atoms with E-state index in [1.807, 2.05) is 18.2 Å². The summed E-state index contributed by atoms with van der Waals surface area (Å²) < 4.78 is 0. The Morgan fingerprint density at radius 3 is 0.569 bits per heavy atom. The molecule has 258 valence electrons. The van der Waals surface area contributed by atoms with Crippen molar-refractivity contribution in [2.24, 2.45) is 0 Å². The molecule has 6 aromatic carbocycles. The highest BCUT2D eigenvalue weighted by Crippen LogP contribution is 2.24. The lowest BCUT2D eigenvalue weighted by atomic mass is 10.1. The molecule has 6 rings (SSSR count). The minimum atomic E-state index is 0.0235. The van der Waals surface area contributed by atoms with Crippen LogP contribution in [0.25, 0.3) is 36.5 Å². The van der Waals surface area contributed by atoms with E-state index < -0.39 is 0 Å². The molecule has 9 heteroatoms. The summed E-state index contributed by atoms with van der Waals surface area (Å²) >= 11 is 0. The average Bonchev–Trinajstić information content (AvgIpc) is 3.07. The zero-order valence-electron chi connectivity index (χ0n) is 27.1. The summed E-state index contributed by atoms with van der Waals surface area (Å²) in [6.07, 6.45) is 10.8. The highest BCUT2D eigenvalue weighted by Gasteiger charge is 1.98. The normalized spacial score (nSPS) is 10.8. The zero-order valence-corrected chi connectivity index (χ0v) is 27.1. The van der Waals surface area contributed by atoms with Crippen LogP contribution in [0.1, 0.15) is 33.4 Å². The molecule has 0 saturated carbocycles. The number of rotatable bonds is 6. The van der Waals surface area contributed by atoms with E-state index in [1.165, 1.54) is 18.2 Å². The molecule has 0 spiro atoms. The predicted octanol–water partition coefficient (Wildman–Crippen LogP) is 8.92. The van der Waals surface area contributed by atoms with Gasteiger partial charge in [0.15, 0.2) is 0 Å². The standard InChI is InChI=1S/3C14H12O3/c3*15-12-5-3-10(4-6-12)1-2-11-7-13(16)9-14(17)8-11/h3*1-9,15-17H/b3*2-1+. The van der Waals surface area contributed by atoms with E-state index in [2.05, 4.69) is 0 Å². The van der Waals surface area contributed by atoms with Crippen molar-refractivity contribution in [2.75, 3.05) is 0 Å². The van der Waals surface area contributed by atoms with E-state index in [1.54, 1.807) is 127 Å². The Morgan fingerprint density at radius 2 is 0.373 bits per heavy atom. The van der Waals surface area contributed by atoms with Crippen molar-refractivity contribution in [1.82, 2.24) is 0 Å². The average molecular weight is 685 g/mol. The minimum Gasteiger partial charge on any atom is -0.508 e. The smallest absolute Gasteiger partial charge is 0.119 e. The van der Waals surface area contributed by atoms with Crippen LogP contribution >= 0.6 is 0 Å². The van der Waals surface area contributed by atoms with Crippen LogP contribution in [-0.2, 0) is 0 Å². The third-order valence-electron chi connectivity index (χ3n) is 6.86. The third-order valence-corrected chi connectivity index (χ3v) is 6.86. The second kappa shape index (κ2) is 17.8. The van der Waals surface area contributed by atoms with E-state index in [4.69, 9.17) is 15.3 Å². The lowest BCUT2D eigenvalue weighted by Crippen LogP contribution is -1.74. The molecule has 0 atom stereocenters. The molecule has 0 fully saturated rings. The SMILES string of the molecule is Oc1ccc(/C=C/c2cc(O)cc(O)c2)cc1.Oc1ccc(/C=C/c2cc(O)cc(O)c2)cc1.Oc1ccc(/C=C/c2cc(O)cc(O)c2)cc1. The van der Waals surface area contributed by atoms with Gasteiger partial charge in [0.2, 0.25) is 0 Å². The summed E-state index contributed by atoms with van der Waals surface area (Å²) in [4.78, 5) is 0. The molecule has 0 heterocycles. The van der Waals surface area contributed by atoms with Gasteiger partial charge in [0.05, 0.1) is 0 Å². The number of benzene rings is 6. The first-order valence-corrected chi connectivity index (χ1v) is 15.4. The van der Waals surface area contributed by atoms with Gasteiger partial charge in [-0.3, -0.25) is 0 Å². The maximum atomic E-state index is 9.30. The van der Waals surface area contributed by atoms with Crippen LogP contribution in [0, 0.1) is 0 Å². The monoisotopic (exact) mass is 684 g/mol. The van der Waals surface area contributed by atoms with Crippen molar-refractivity contribution in [3.05, 3.63) is 161 Å². The fourth-order valence-corrected chi connectivity index (χ4v) is 4.48. The van der Waals surface area contributed by atoms with E-state index in [0.29, 0.717) is 16.7 Å². The van der Waals surface area contributed by atoms with Gasteiger partial charge in [-0.05, 0) is 106 Å². The molecule has 0 aliphatic heterocycles. The van der Waals surface area contributed by atoms with Crippen LogP contribution in [0.15, 0.2) is 127 Å². The van der Waals surface area contributed by atoms with Gasteiger partial charge >= 0.3 is 0 Å². The Labute approximate surface area is 294 Å². The number of phenolic OH excluding ortho intramolecular Hbond substituents is 9. The molecule has 6 aromatic rings. The van der Waals surface area contributed by atoms with Gasteiger partial charge in [0.25, 0.3) is 0 Å². The molecule has 0 amide bonds. The zero-order chi connectivity index (χ0) is 36.8. The Kier molecular flexibility index (Phi) is 12.7. The Morgan fingerprint density at radius 1 is 0.196 bits per heavy atom. The van der Waals surface area contributed by atoms with E-state index in [0.717, 1.165) is 16.7 Å². The molecule has 9 N–H and O–H groups in total. The first-order valence-electron chi connectivity index (χ1n) is 15.4. The van der Waals surface area contributed by atoms with Crippen LogP contribution in [0.5, 0.6) is 51.7 Å². The fraction of sp³-hybridized carbons (Fsp3) is 0. The highest BCUT2D eigenvalue weighted by atomic mass is 16.3. The van der Waals surface area contributed by atoms with Crippen LogP contribution in [0.4, 0.5) is 0 Å². The lowest BCUT2D eigenvalue weighted by Gasteiger charge is -1.98. The molecule has 0 radical (unpaired) electrons. The third kappa shape index (κ3) is 13.0. The van der Waals surface area contributed by atoms with Crippen molar-refractivity contribution in [3.63, 3.8) is 0 Å². The number of hydrogen-bond donors (Lipinski definition) is 9. The van der Waals surface area contributed by atoms with Crippen molar-refractivity contribution < 1.29 is 46.0 Å². The van der Waals surface area contributed by atoms with Gasteiger partial charge in [0.1, 0.15) is 51.7 Å².